The van der Waals surface area contributed by atoms with E-state index in [0.717, 1.165) is 13.1 Å². The van der Waals surface area contributed by atoms with Crippen molar-refractivity contribution in [3.8, 4) is 0 Å². The molecule has 1 rings (SSSR count). The van der Waals surface area contributed by atoms with Gasteiger partial charge in [-0.1, -0.05) is 6.92 Å². The van der Waals surface area contributed by atoms with Gasteiger partial charge in [0.25, 0.3) is 0 Å². The van der Waals surface area contributed by atoms with Gasteiger partial charge in [0.05, 0.1) is 0 Å². The van der Waals surface area contributed by atoms with Crippen LogP contribution in [0.3, 0.4) is 0 Å². The summed E-state index contributed by atoms with van der Waals surface area (Å²) in [7, 11) is 0. The Morgan fingerprint density at radius 1 is 1.56 bits per heavy atom. The minimum atomic E-state index is 0.282. The summed E-state index contributed by atoms with van der Waals surface area (Å²) in [4.78, 5) is 10.8. The molecule has 0 aliphatic carbocycles. The lowest BCUT2D eigenvalue weighted by molar-refractivity contribution is -0.121. The van der Waals surface area contributed by atoms with Crippen LogP contribution in [0.2, 0.25) is 0 Å². The molecule has 1 heterocycles. The molecule has 2 atom stereocenters. The number of carbonyl (C=O) groups is 1. The molecule has 0 aromatic carbocycles. The molecular weight excluding hydrogens is 114 g/mol. The first-order valence-electron chi connectivity index (χ1n) is 3.43. The SMILES string of the molecule is CC(=O)C1CNC[C@H]1C. The van der Waals surface area contributed by atoms with Gasteiger partial charge in [-0.15, -0.1) is 0 Å². The first-order chi connectivity index (χ1) is 4.22. The van der Waals surface area contributed by atoms with Crippen LogP contribution in [-0.4, -0.2) is 18.9 Å². The first-order valence-corrected chi connectivity index (χ1v) is 3.43. The second-order valence-electron chi connectivity index (χ2n) is 2.85. The van der Waals surface area contributed by atoms with E-state index >= 15 is 0 Å². The van der Waals surface area contributed by atoms with E-state index in [1.165, 1.54) is 0 Å². The summed E-state index contributed by atoms with van der Waals surface area (Å²) in [6.45, 7) is 5.68. The average molecular weight is 127 g/mol. The molecule has 1 N–H and O–H groups in total. The van der Waals surface area contributed by atoms with Crippen LogP contribution in [0.4, 0.5) is 0 Å². The summed E-state index contributed by atoms with van der Waals surface area (Å²) >= 11 is 0. The summed E-state index contributed by atoms with van der Waals surface area (Å²) in [5.41, 5.74) is 0. The minimum absolute atomic E-state index is 0.282. The summed E-state index contributed by atoms with van der Waals surface area (Å²) < 4.78 is 0. The number of Topliss-reactive ketones (excluding diaryl/α,β-unsaturated/α-hetero) is 1. The van der Waals surface area contributed by atoms with Gasteiger partial charge < -0.3 is 5.32 Å². The quantitative estimate of drug-likeness (QED) is 0.553. The van der Waals surface area contributed by atoms with Gasteiger partial charge in [-0.25, -0.2) is 0 Å². The molecule has 0 spiro atoms. The maximum atomic E-state index is 10.8. The second kappa shape index (κ2) is 2.48. The highest BCUT2D eigenvalue weighted by atomic mass is 16.1. The van der Waals surface area contributed by atoms with Gasteiger partial charge in [0.2, 0.25) is 0 Å². The third-order valence-corrected chi connectivity index (χ3v) is 2.04. The van der Waals surface area contributed by atoms with Crippen molar-refractivity contribution >= 4 is 5.78 Å². The fourth-order valence-electron chi connectivity index (χ4n) is 1.35. The lowest BCUT2D eigenvalue weighted by Crippen LogP contribution is -2.17. The van der Waals surface area contributed by atoms with Crippen LogP contribution in [-0.2, 0) is 4.79 Å². The Bertz CT molecular complexity index is 122. The van der Waals surface area contributed by atoms with Crippen LogP contribution in [0.1, 0.15) is 13.8 Å². The zero-order valence-electron chi connectivity index (χ0n) is 5.98. The van der Waals surface area contributed by atoms with E-state index in [1.54, 1.807) is 6.92 Å². The Kier molecular flexibility index (Phi) is 1.86. The highest BCUT2D eigenvalue weighted by Gasteiger charge is 2.26. The molecule has 1 unspecified atom stereocenters. The van der Waals surface area contributed by atoms with E-state index < -0.39 is 0 Å². The van der Waals surface area contributed by atoms with Crippen molar-refractivity contribution < 1.29 is 4.79 Å². The standard InChI is InChI=1S/C7H13NO/c1-5-3-8-4-7(5)6(2)9/h5,7-8H,3-4H2,1-2H3/t5-,7?/m1/s1. The number of ketones is 1. The average Bonchev–Trinajstić information content (AvgIpc) is 2.13. The van der Waals surface area contributed by atoms with Crippen molar-refractivity contribution in [3.05, 3.63) is 0 Å². The molecule has 1 aliphatic heterocycles. The summed E-state index contributed by atoms with van der Waals surface area (Å²) in [5, 5.41) is 3.18. The van der Waals surface area contributed by atoms with Crippen molar-refractivity contribution in [2.24, 2.45) is 11.8 Å². The predicted octanol–water partition coefficient (Wildman–Crippen LogP) is 0.431. The predicted molar refractivity (Wildman–Crippen MR) is 36.2 cm³/mol. The van der Waals surface area contributed by atoms with E-state index in [-0.39, 0.29) is 5.92 Å². The molecule has 2 nitrogen and oxygen atoms in total. The Morgan fingerprint density at radius 2 is 2.22 bits per heavy atom. The molecule has 0 saturated carbocycles. The smallest absolute Gasteiger partial charge is 0.134 e. The van der Waals surface area contributed by atoms with E-state index in [0.29, 0.717) is 11.7 Å². The highest BCUT2D eigenvalue weighted by molar-refractivity contribution is 5.79. The molecule has 0 aromatic heterocycles. The van der Waals surface area contributed by atoms with Crippen molar-refractivity contribution in [1.82, 2.24) is 5.32 Å². The monoisotopic (exact) mass is 127 g/mol. The molecule has 0 radical (unpaired) electrons. The molecule has 1 saturated heterocycles. The van der Waals surface area contributed by atoms with Crippen molar-refractivity contribution in [1.29, 1.82) is 0 Å². The second-order valence-corrected chi connectivity index (χ2v) is 2.85. The van der Waals surface area contributed by atoms with Crippen LogP contribution in [0, 0.1) is 11.8 Å². The largest absolute Gasteiger partial charge is 0.316 e. The molecule has 1 aliphatic rings. The Morgan fingerprint density at radius 3 is 2.44 bits per heavy atom. The van der Waals surface area contributed by atoms with Crippen LogP contribution in [0.25, 0.3) is 0 Å². The lowest BCUT2D eigenvalue weighted by atomic mass is 9.95. The van der Waals surface area contributed by atoms with Crippen molar-refractivity contribution in [2.75, 3.05) is 13.1 Å². The molecule has 9 heavy (non-hydrogen) atoms. The van der Waals surface area contributed by atoms with Gasteiger partial charge in [0, 0.05) is 12.5 Å². The normalized spacial score (nSPS) is 34.9. The molecule has 0 aromatic rings. The Labute approximate surface area is 55.6 Å². The molecule has 1 fully saturated rings. The third-order valence-electron chi connectivity index (χ3n) is 2.04. The van der Waals surface area contributed by atoms with Gasteiger partial charge >= 0.3 is 0 Å². The summed E-state index contributed by atoms with van der Waals surface area (Å²) in [6, 6.07) is 0. The van der Waals surface area contributed by atoms with E-state index in [4.69, 9.17) is 0 Å². The van der Waals surface area contributed by atoms with Crippen LogP contribution < -0.4 is 5.32 Å². The zero-order valence-corrected chi connectivity index (χ0v) is 5.98. The van der Waals surface area contributed by atoms with Gasteiger partial charge in [0.15, 0.2) is 0 Å². The molecular formula is C7H13NO. The number of hydrogen-bond donors (Lipinski definition) is 1. The molecule has 0 bridgehead atoms. The van der Waals surface area contributed by atoms with Gasteiger partial charge in [-0.05, 0) is 19.4 Å². The lowest BCUT2D eigenvalue weighted by Gasteiger charge is -2.07. The summed E-state index contributed by atoms with van der Waals surface area (Å²) in [5.74, 6) is 1.15. The maximum absolute atomic E-state index is 10.8. The number of rotatable bonds is 1. The first kappa shape index (κ1) is 6.75. The van der Waals surface area contributed by atoms with Crippen LogP contribution in [0.5, 0.6) is 0 Å². The Balaban J connectivity index is 2.49. The highest BCUT2D eigenvalue weighted by Crippen LogP contribution is 2.15. The number of hydrogen-bond acceptors (Lipinski definition) is 2. The fourth-order valence-corrected chi connectivity index (χ4v) is 1.35. The van der Waals surface area contributed by atoms with Crippen molar-refractivity contribution in [3.63, 3.8) is 0 Å². The molecule has 0 amide bonds. The van der Waals surface area contributed by atoms with Crippen molar-refractivity contribution in [2.45, 2.75) is 13.8 Å². The zero-order chi connectivity index (χ0) is 6.85. The molecule has 52 valence electrons. The number of nitrogens with one attached hydrogen (secondary N) is 1. The van der Waals surface area contributed by atoms with Crippen LogP contribution >= 0.6 is 0 Å². The third kappa shape index (κ3) is 1.30. The van der Waals surface area contributed by atoms with Crippen LogP contribution in [0.15, 0.2) is 0 Å². The Hall–Kier alpha value is -0.370. The maximum Gasteiger partial charge on any atom is 0.134 e. The fraction of sp³-hybridized carbons (Fsp3) is 0.857. The summed E-state index contributed by atoms with van der Waals surface area (Å²) in [6.07, 6.45) is 0. The van der Waals surface area contributed by atoms with Gasteiger partial charge in [-0.3, -0.25) is 4.79 Å². The van der Waals surface area contributed by atoms with Gasteiger partial charge in [0.1, 0.15) is 5.78 Å². The van der Waals surface area contributed by atoms with E-state index in [2.05, 4.69) is 12.2 Å². The molecule has 2 heteroatoms. The van der Waals surface area contributed by atoms with E-state index in [1.807, 2.05) is 0 Å². The van der Waals surface area contributed by atoms with Gasteiger partial charge in [-0.2, -0.15) is 0 Å². The minimum Gasteiger partial charge on any atom is -0.316 e. The van der Waals surface area contributed by atoms with E-state index in [9.17, 15) is 4.79 Å². The topological polar surface area (TPSA) is 29.1 Å². The number of carbonyl (C=O) groups excluding carboxylic acids is 1.